The number of rotatable bonds is 7. The summed E-state index contributed by atoms with van der Waals surface area (Å²) >= 11 is 0. The Labute approximate surface area is 108 Å². The van der Waals surface area contributed by atoms with Crippen LogP contribution in [0, 0.1) is 0 Å². The van der Waals surface area contributed by atoms with E-state index in [1.807, 2.05) is 13.8 Å². The van der Waals surface area contributed by atoms with Gasteiger partial charge in [0.25, 0.3) is 0 Å². The molecule has 1 heterocycles. The van der Waals surface area contributed by atoms with Crippen LogP contribution >= 0.6 is 0 Å². The van der Waals surface area contributed by atoms with Crippen molar-refractivity contribution in [2.45, 2.75) is 44.9 Å². The highest BCUT2D eigenvalue weighted by Gasteiger charge is 2.23. The Hall–Kier alpha value is -0.950. The molecular formula is C11H21N3O3S. The molecule has 0 amide bonds. The minimum absolute atomic E-state index is 0.103. The third-order valence-electron chi connectivity index (χ3n) is 2.76. The number of hydrogen-bond acceptors (Lipinski definition) is 6. The van der Waals surface area contributed by atoms with E-state index in [0.717, 1.165) is 19.2 Å². The topological polar surface area (TPSA) is 85.1 Å². The van der Waals surface area contributed by atoms with Crippen LogP contribution in [-0.4, -0.2) is 37.4 Å². The zero-order valence-electron chi connectivity index (χ0n) is 11.3. The van der Waals surface area contributed by atoms with E-state index in [2.05, 4.69) is 22.4 Å². The van der Waals surface area contributed by atoms with Gasteiger partial charge in [-0.3, -0.25) is 0 Å². The summed E-state index contributed by atoms with van der Waals surface area (Å²) in [6, 6.07) is 0.214. The van der Waals surface area contributed by atoms with Crippen molar-refractivity contribution in [3.8, 4) is 0 Å². The van der Waals surface area contributed by atoms with Gasteiger partial charge in [-0.1, -0.05) is 19.0 Å². The Morgan fingerprint density at radius 1 is 1.39 bits per heavy atom. The molecule has 0 saturated carbocycles. The molecule has 0 bridgehead atoms. The van der Waals surface area contributed by atoms with Crippen molar-refractivity contribution in [2.24, 2.45) is 0 Å². The third-order valence-corrected chi connectivity index (χ3v) is 3.54. The molecule has 1 rings (SSSR count). The average molecular weight is 275 g/mol. The van der Waals surface area contributed by atoms with Gasteiger partial charge < -0.3 is 9.84 Å². The first-order valence-corrected chi connectivity index (χ1v) is 8.17. The molecule has 18 heavy (non-hydrogen) atoms. The number of likely N-dealkylation sites (N-methyl/N-ethyl adjacent to an activating group) is 1. The number of sulfone groups is 1. The van der Waals surface area contributed by atoms with E-state index in [4.69, 9.17) is 4.52 Å². The highest BCUT2D eigenvalue weighted by Crippen LogP contribution is 2.22. The minimum atomic E-state index is -3.13. The van der Waals surface area contributed by atoms with E-state index in [9.17, 15) is 8.42 Å². The summed E-state index contributed by atoms with van der Waals surface area (Å²) < 4.78 is 27.5. The number of nitrogens with zero attached hydrogens (tertiary/aromatic N) is 2. The fourth-order valence-electron chi connectivity index (χ4n) is 1.92. The maximum absolute atomic E-state index is 11.2. The molecule has 0 saturated heterocycles. The molecule has 1 aromatic rings. The van der Waals surface area contributed by atoms with Gasteiger partial charge in [0.1, 0.15) is 5.75 Å². The third kappa shape index (κ3) is 4.38. The van der Waals surface area contributed by atoms with Gasteiger partial charge in [-0.2, -0.15) is 4.98 Å². The largest absolute Gasteiger partial charge is 0.339 e. The molecule has 1 N–H and O–H groups in total. The summed E-state index contributed by atoms with van der Waals surface area (Å²) in [6.07, 6.45) is 2.01. The lowest BCUT2D eigenvalue weighted by Crippen LogP contribution is -2.31. The molecule has 2 atom stereocenters. The van der Waals surface area contributed by atoms with Crippen LogP contribution in [0.5, 0.6) is 0 Å². The van der Waals surface area contributed by atoms with Crippen LogP contribution in [0.2, 0.25) is 0 Å². The van der Waals surface area contributed by atoms with Gasteiger partial charge in [0.2, 0.25) is 5.89 Å². The smallest absolute Gasteiger partial charge is 0.231 e. The molecule has 104 valence electrons. The molecular weight excluding hydrogens is 254 g/mol. The van der Waals surface area contributed by atoms with E-state index in [1.54, 1.807) is 0 Å². The van der Waals surface area contributed by atoms with Crippen LogP contribution in [0.25, 0.3) is 0 Å². The standard InChI is InChI=1S/C11H21N3O3S/c1-5-9(8(3)12-6-2)11-13-10(14-17-11)7-18(4,15)16/h8-9,12H,5-7H2,1-4H3. The van der Waals surface area contributed by atoms with Crippen molar-refractivity contribution in [1.82, 2.24) is 15.5 Å². The van der Waals surface area contributed by atoms with E-state index >= 15 is 0 Å². The SMILES string of the molecule is CCNC(C)C(CC)c1nc(CS(C)(=O)=O)no1. The van der Waals surface area contributed by atoms with Crippen LogP contribution in [-0.2, 0) is 15.6 Å². The fraction of sp³-hybridized carbons (Fsp3) is 0.818. The van der Waals surface area contributed by atoms with Crippen LogP contribution in [0.3, 0.4) is 0 Å². The summed E-state index contributed by atoms with van der Waals surface area (Å²) in [5.74, 6) is 0.660. The highest BCUT2D eigenvalue weighted by molar-refractivity contribution is 7.89. The Kier molecular flexibility index (Phi) is 5.28. The maximum atomic E-state index is 11.2. The van der Waals surface area contributed by atoms with E-state index in [0.29, 0.717) is 5.89 Å². The van der Waals surface area contributed by atoms with Crippen molar-refractivity contribution in [3.05, 3.63) is 11.7 Å². The molecule has 0 aliphatic carbocycles. The summed E-state index contributed by atoms with van der Waals surface area (Å²) in [6.45, 7) is 6.99. The first-order valence-electron chi connectivity index (χ1n) is 6.11. The van der Waals surface area contributed by atoms with Gasteiger partial charge in [0, 0.05) is 12.3 Å². The lowest BCUT2D eigenvalue weighted by atomic mass is 9.98. The van der Waals surface area contributed by atoms with Gasteiger partial charge >= 0.3 is 0 Å². The Bertz CT molecular complexity index is 470. The Morgan fingerprint density at radius 2 is 2.06 bits per heavy atom. The van der Waals surface area contributed by atoms with Crippen LogP contribution < -0.4 is 5.32 Å². The average Bonchev–Trinajstić information content (AvgIpc) is 2.65. The van der Waals surface area contributed by atoms with Gasteiger partial charge in [0.05, 0.1) is 5.92 Å². The van der Waals surface area contributed by atoms with Crippen molar-refractivity contribution in [2.75, 3.05) is 12.8 Å². The second kappa shape index (κ2) is 6.29. The molecule has 0 aliphatic heterocycles. The molecule has 0 aromatic carbocycles. The van der Waals surface area contributed by atoms with Crippen molar-refractivity contribution >= 4 is 9.84 Å². The summed E-state index contributed by atoms with van der Waals surface area (Å²) in [5, 5.41) is 7.03. The van der Waals surface area contributed by atoms with E-state index < -0.39 is 9.84 Å². The monoisotopic (exact) mass is 275 g/mol. The Morgan fingerprint density at radius 3 is 2.56 bits per heavy atom. The highest BCUT2D eigenvalue weighted by atomic mass is 32.2. The molecule has 2 unspecified atom stereocenters. The lowest BCUT2D eigenvalue weighted by molar-refractivity contribution is 0.316. The maximum Gasteiger partial charge on any atom is 0.231 e. The van der Waals surface area contributed by atoms with Crippen LogP contribution in [0.1, 0.15) is 44.8 Å². The number of hydrogen-bond donors (Lipinski definition) is 1. The first kappa shape index (κ1) is 15.1. The molecule has 7 heteroatoms. The molecule has 0 aliphatic rings. The lowest BCUT2D eigenvalue weighted by Gasteiger charge is -2.19. The predicted molar refractivity (Wildman–Crippen MR) is 69.0 cm³/mol. The van der Waals surface area contributed by atoms with E-state index in [-0.39, 0.29) is 23.5 Å². The van der Waals surface area contributed by atoms with Crippen molar-refractivity contribution in [3.63, 3.8) is 0 Å². The van der Waals surface area contributed by atoms with Crippen LogP contribution in [0.15, 0.2) is 4.52 Å². The summed E-state index contributed by atoms with van der Waals surface area (Å²) in [5.41, 5.74) is 0. The summed E-state index contributed by atoms with van der Waals surface area (Å²) in [7, 11) is -3.13. The van der Waals surface area contributed by atoms with Gasteiger partial charge in [0.15, 0.2) is 15.7 Å². The molecule has 6 nitrogen and oxygen atoms in total. The normalized spacial score (nSPS) is 15.6. The second-order valence-electron chi connectivity index (χ2n) is 4.48. The minimum Gasteiger partial charge on any atom is -0.339 e. The van der Waals surface area contributed by atoms with E-state index in [1.165, 1.54) is 0 Å². The number of nitrogens with one attached hydrogen (secondary N) is 1. The second-order valence-corrected chi connectivity index (χ2v) is 6.62. The summed E-state index contributed by atoms with van der Waals surface area (Å²) in [4.78, 5) is 4.17. The molecule has 0 radical (unpaired) electrons. The zero-order valence-corrected chi connectivity index (χ0v) is 12.1. The Balaban J connectivity index is 2.82. The van der Waals surface area contributed by atoms with Gasteiger partial charge in [-0.15, -0.1) is 0 Å². The molecule has 0 spiro atoms. The fourth-order valence-corrected chi connectivity index (χ4v) is 2.50. The molecule has 0 fully saturated rings. The number of aromatic nitrogens is 2. The zero-order chi connectivity index (χ0) is 13.8. The first-order chi connectivity index (χ1) is 8.37. The van der Waals surface area contributed by atoms with Gasteiger partial charge in [-0.25, -0.2) is 8.42 Å². The molecule has 1 aromatic heterocycles. The predicted octanol–water partition coefficient (Wildman–Crippen LogP) is 1.11. The van der Waals surface area contributed by atoms with Crippen LogP contribution in [0.4, 0.5) is 0 Å². The van der Waals surface area contributed by atoms with Gasteiger partial charge in [-0.05, 0) is 19.9 Å². The quantitative estimate of drug-likeness (QED) is 0.802. The van der Waals surface area contributed by atoms with Crippen molar-refractivity contribution in [1.29, 1.82) is 0 Å². The van der Waals surface area contributed by atoms with Crippen molar-refractivity contribution < 1.29 is 12.9 Å².